The van der Waals surface area contributed by atoms with Gasteiger partial charge in [-0.05, 0) is 35.9 Å². The summed E-state index contributed by atoms with van der Waals surface area (Å²) in [5.74, 6) is -0.327. The van der Waals surface area contributed by atoms with Gasteiger partial charge in [-0.25, -0.2) is 0 Å². The Morgan fingerprint density at radius 1 is 1.05 bits per heavy atom. The third kappa shape index (κ3) is 4.03. The zero-order valence-corrected chi connectivity index (χ0v) is 12.1. The summed E-state index contributed by atoms with van der Waals surface area (Å²) in [6.45, 7) is -0.0998. The summed E-state index contributed by atoms with van der Waals surface area (Å²) in [6.07, 6.45) is -4.76. The van der Waals surface area contributed by atoms with E-state index in [-0.39, 0.29) is 17.9 Å². The van der Waals surface area contributed by atoms with Crippen molar-refractivity contribution in [2.75, 3.05) is 0 Å². The Balaban J connectivity index is 2.46. The Kier molecular flexibility index (Phi) is 4.66. The fourth-order valence-electron chi connectivity index (χ4n) is 1.85. The molecule has 112 valence electrons. The van der Waals surface area contributed by atoms with Gasteiger partial charge >= 0.3 is 6.36 Å². The average Bonchev–Trinajstić information content (AvgIpc) is 2.40. The first-order valence-corrected chi connectivity index (χ1v) is 6.60. The molecule has 2 aromatic carbocycles. The summed E-state index contributed by atoms with van der Waals surface area (Å²) in [5, 5.41) is 0.908. The molecule has 0 aliphatic carbocycles. The van der Waals surface area contributed by atoms with Crippen LogP contribution in [0, 0.1) is 0 Å². The topological polar surface area (TPSA) is 35.2 Å². The Hall–Kier alpha value is -1.43. The highest BCUT2D eigenvalue weighted by Gasteiger charge is 2.32. The van der Waals surface area contributed by atoms with E-state index in [1.165, 1.54) is 18.2 Å². The molecule has 0 saturated carbocycles. The normalized spacial score (nSPS) is 11.5. The van der Waals surface area contributed by atoms with Gasteiger partial charge in [-0.2, -0.15) is 0 Å². The molecule has 2 rings (SSSR count). The fourth-order valence-corrected chi connectivity index (χ4v) is 2.25. The lowest BCUT2D eigenvalue weighted by Gasteiger charge is -2.14. The third-order valence-electron chi connectivity index (χ3n) is 2.75. The maximum atomic E-state index is 12.3. The van der Waals surface area contributed by atoms with Crippen LogP contribution in [-0.4, -0.2) is 6.36 Å². The van der Waals surface area contributed by atoms with Crippen molar-refractivity contribution in [3.63, 3.8) is 0 Å². The summed E-state index contributed by atoms with van der Waals surface area (Å²) in [7, 11) is 0. The first-order valence-electron chi connectivity index (χ1n) is 5.84. The van der Waals surface area contributed by atoms with Crippen LogP contribution in [0.2, 0.25) is 10.0 Å². The predicted molar refractivity (Wildman–Crippen MR) is 76.5 cm³/mol. The largest absolute Gasteiger partial charge is 0.573 e. The maximum Gasteiger partial charge on any atom is 0.573 e. The van der Waals surface area contributed by atoms with Gasteiger partial charge in [0.05, 0.1) is 0 Å². The van der Waals surface area contributed by atoms with Gasteiger partial charge in [-0.15, -0.1) is 13.2 Å². The van der Waals surface area contributed by atoms with Crippen LogP contribution in [0.5, 0.6) is 5.75 Å². The van der Waals surface area contributed by atoms with Crippen LogP contribution in [0.15, 0.2) is 36.4 Å². The van der Waals surface area contributed by atoms with Gasteiger partial charge in [-0.3, -0.25) is 0 Å². The number of alkyl halides is 3. The summed E-state index contributed by atoms with van der Waals surface area (Å²) in [4.78, 5) is 0. The van der Waals surface area contributed by atoms with Crippen LogP contribution in [0.3, 0.4) is 0 Å². The summed E-state index contributed by atoms with van der Waals surface area (Å²) >= 11 is 12.0. The third-order valence-corrected chi connectivity index (χ3v) is 3.31. The number of hydrogen-bond donors (Lipinski definition) is 1. The quantitative estimate of drug-likeness (QED) is 0.854. The number of nitrogens with two attached hydrogens (primary N) is 1. The molecule has 0 heterocycles. The van der Waals surface area contributed by atoms with E-state index in [0.717, 1.165) is 0 Å². The number of benzene rings is 2. The zero-order valence-electron chi connectivity index (χ0n) is 10.5. The molecular weight excluding hydrogens is 326 g/mol. The van der Waals surface area contributed by atoms with Crippen molar-refractivity contribution in [1.29, 1.82) is 0 Å². The zero-order chi connectivity index (χ0) is 15.6. The molecule has 0 bridgehead atoms. The Morgan fingerprint density at radius 2 is 1.76 bits per heavy atom. The van der Waals surface area contributed by atoms with E-state index in [4.69, 9.17) is 28.9 Å². The van der Waals surface area contributed by atoms with Crippen LogP contribution in [0.25, 0.3) is 11.1 Å². The summed E-state index contributed by atoms with van der Waals surface area (Å²) in [6, 6.07) is 9.04. The van der Waals surface area contributed by atoms with E-state index in [1.807, 2.05) is 0 Å². The Labute approximate surface area is 129 Å². The van der Waals surface area contributed by atoms with Crippen molar-refractivity contribution in [3.05, 3.63) is 52.0 Å². The SMILES string of the molecule is NCc1cc(-c2cc(Cl)ccc2Cl)ccc1OC(F)(F)F. The maximum absolute atomic E-state index is 12.3. The smallest absolute Gasteiger partial charge is 0.405 e. The van der Waals surface area contributed by atoms with Crippen LogP contribution in [-0.2, 0) is 6.54 Å². The second-order valence-electron chi connectivity index (χ2n) is 4.20. The van der Waals surface area contributed by atoms with Crippen LogP contribution in [0.4, 0.5) is 13.2 Å². The molecule has 0 fully saturated rings. The van der Waals surface area contributed by atoms with Gasteiger partial charge in [-0.1, -0.05) is 29.3 Å². The van der Waals surface area contributed by atoms with Gasteiger partial charge in [0.15, 0.2) is 0 Å². The second kappa shape index (κ2) is 6.13. The van der Waals surface area contributed by atoms with Crippen LogP contribution >= 0.6 is 23.2 Å². The van der Waals surface area contributed by atoms with Gasteiger partial charge in [0, 0.05) is 27.7 Å². The Bertz CT molecular complexity index is 659. The van der Waals surface area contributed by atoms with E-state index in [9.17, 15) is 13.2 Å². The molecule has 0 amide bonds. The molecule has 21 heavy (non-hydrogen) atoms. The molecule has 0 aliphatic heterocycles. The summed E-state index contributed by atoms with van der Waals surface area (Å²) < 4.78 is 40.8. The summed E-state index contributed by atoms with van der Waals surface area (Å²) in [5.41, 5.74) is 6.92. The molecule has 0 radical (unpaired) electrons. The lowest BCUT2D eigenvalue weighted by Crippen LogP contribution is -2.18. The van der Waals surface area contributed by atoms with Gasteiger partial charge in [0.1, 0.15) is 5.75 Å². The van der Waals surface area contributed by atoms with Crippen LogP contribution < -0.4 is 10.5 Å². The van der Waals surface area contributed by atoms with E-state index < -0.39 is 6.36 Å². The lowest BCUT2D eigenvalue weighted by atomic mass is 10.0. The average molecular weight is 336 g/mol. The van der Waals surface area contributed by atoms with Crippen molar-refractivity contribution in [1.82, 2.24) is 0 Å². The van der Waals surface area contributed by atoms with E-state index >= 15 is 0 Å². The molecule has 7 heteroatoms. The van der Waals surface area contributed by atoms with Crippen molar-refractivity contribution in [3.8, 4) is 16.9 Å². The second-order valence-corrected chi connectivity index (χ2v) is 5.04. The highest BCUT2D eigenvalue weighted by Crippen LogP contribution is 2.34. The molecule has 2 nitrogen and oxygen atoms in total. The van der Waals surface area contributed by atoms with Crippen molar-refractivity contribution >= 4 is 23.2 Å². The molecule has 0 saturated heterocycles. The predicted octanol–water partition coefficient (Wildman–Crippen LogP) is 5.02. The highest BCUT2D eigenvalue weighted by atomic mass is 35.5. The first kappa shape index (κ1) is 15.9. The highest BCUT2D eigenvalue weighted by molar-refractivity contribution is 6.35. The molecule has 2 N–H and O–H groups in total. The van der Waals surface area contributed by atoms with Crippen molar-refractivity contribution in [2.45, 2.75) is 12.9 Å². The van der Waals surface area contributed by atoms with E-state index in [2.05, 4.69) is 4.74 Å². The van der Waals surface area contributed by atoms with E-state index in [0.29, 0.717) is 21.2 Å². The molecule has 0 atom stereocenters. The molecule has 0 aliphatic rings. The standard InChI is InChI=1S/C14H10Cl2F3NO/c15-10-2-3-12(16)11(6-10)8-1-4-13(9(5-8)7-20)21-14(17,18)19/h1-6H,7,20H2. The molecule has 0 aromatic heterocycles. The van der Waals surface area contributed by atoms with Crippen LogP contribution in [0.1, 0.15) is 5.56 Å². The van der Waals surface area contributed by atoms with E-state index in [1.54, 1.807) is 18.2 Å². The number of hydrogen-bond acceptors (Lipinski definition) is 2. The monoisotopic (exact) mass is 335 g/mol. The van der Waals surface area contributed by atoms with Crippen molar-refractivity contribution < 1.29 is 17.9 Å². The first-order chi connectivity index (χ1) is 9.80. The molecule has 0 spiro atoms. The minimum atomic E-state index is -4.76. The minimum Gasteiger partial charge on any atom is -0.405 e. The van der Waals surface area contributed by atoms with Gasteiger partial charge < -0.3 is 10.5 Å². The van der Waals surface area contributed by atoms with Gasteiger partial charge in [0.2, 0.25) is 0 Å². The fraction of sp³-hybridized carbons (Fsp3) is 0.143. The Morgan fingerprint density at radius 3 is 2.38 bits per heavy atom. The number of halogens is 5. The number of ether oxygens (including phenoxy) is 1. The van der Waals surface area contributed by atoms with Crippen molar-refractivity contribution in [2.24, 2.45) is 5.73 Å². The van der Waals surface area contributed by atoms with Gasteiger partial charge in [0.25, 0.3) is 0 Å². The molecular formula is C14H10Cl2F3NO. The number of rotatable bonds is 3. The minimum absolute atomic E-state index is 0.0998. The lowest BCUT2D eigenvalue weighted by molar-refractivity contribution is -0.274. The molecule has 2 aromatic rings. The molecule has 0 unspecified atom stereocenters.